The van der Waals surface area contributed by atoms with Crippen LogP contribution >= 0.6 is 0 Å². The quantitative estimate of drug-likeness (QED) is 0.760. The second kappa shape index (κ2) is 4.15. The zero-order valence-corrected chi connectivity index (χ0v) is 9.65. The first kappa shape index (κ1) is 10.8. The third kappa shape index (κ3) is 1.82. The van der Waals surface area contributed by atoms with Gasteiger partial charge in [0.15, 0.2) is 6.29 Å². The normalized spacial score (nSPS) is 21.3. The van der Waals surface area contributed by atoms with Gasteiger partial charge in [-0.1, -0.05) is 0 Å². The lowest BCUT2D eigenvalue weighted by atomic mass is 10.2. The van der Waals surface area contributed by atoms with E-state index in [-0.39, 0.29) is 0 Å². The van der Waals surface area contributed by atoms with E-state index in [1.165, 1.54) is 0 Å². The first-order chi connectivity index (χ1) is 8.74. The summed E-state index contributed by atoms with van der Waals surface area (Å²) in [5.74, 6) is 1.21. The molecule has 18 heavy (non-hydrogen) atoms. The maximum atomic E-state index is 5.91. The van der Waals surface area contributed by atoms with E-state index in [0.717, 1.165) is 17.1 Å². The highest BCUT2D eigenvalue weighted by Gasteiger charge is 2.17. The van der Waals surface area contributed by atoms with Crippen LogP contribution in [0.15, 0.2) is 40.5 Å². The molecule has 6 heteroatoms. The maximum absolute atomic E-state index is 5.91. The van der Waals surface area contributed by atoms with Gasteiger partial charge < -0.3 is 15.4 Å². The minimum absolute atomic E-state index is 0.429. The first-order valence-electron chi connectivity index (χ1n) is 5.59. The molecule has 2 aliphatic heterocycles. The highest BCUT2D eigenvalue weighted by Crippen LogP contribution is 2.34. The van der Waals surface area contributed by atoms with Gasteiger partial charge in [0.25, 0.3) is 0 Å². The van der Waals surface area contributed by atoms with E-state index in [1.807, 2.05) is 29.3 Å². The molecular weight excluding hydrogens is 230 g/mol. The molecule has 0 fully saturated rings. The molecule has 0 spiro atoms. The fourth-order valence-corrected chi connectivity index (χ4v) is 1.89. The zero-order chi connectivity index (χ0) is 12.5. The van der Waals surface area contributed by atoms with E-state index in [9.17, 15) is 0 Å². The Hall–Kier alpha value is -2.34. The molecule has 0 radical (unpaired) electrons. The molecule has 4 N–H and O–H groups in total. The molecule has 1 atom stereocenters. The van der Waals surface area contributed by atoms with Gasteiger partial charge in [-0.25, -0.2) is 4.99 Å². The Morgan fingerprint density at radius 1 is 1.39 bits per heavy atom. The van der Waals surface area contributed by atoms with E-state index >= 15 is 0 Å². The number of amidine groups is 1. The molecule has 0 aliphatic carbocycles. The minimum Gasteiger partial charge on any atom is -0.486 e. The lowest BCUT2D eigenvalue weighted by Crippen LogP contribution is -2.41. The van der Waals surface area contributed by atoms with E-state index in [0.29, 0.717) is 12.4 Å². The van der Waals surface area contributed by atoms with E-state index in [4.69, 9.17) is 16.2 Å². The molecule has 2 heterocycles. The molecule has 2 aliphatic rings. The average molecular weight is 243 g/mol. The molecule has 0 amide bonds. The van der Waals surface area contributed by atoms with Crippen LogP contribution in [0.5, 0.6) is 5.75 Å². The Bertz CT molecular complexity index is 564. The molecule has 1 aromatic rings. The van der Waals surface area contributed by atoms with Gasteiger partial charge in [-0.15, -0.1) is 0 Å². The number of aliphatic imine (C=N–C) groups is 2. The molecule has 92 valence electrons. The van der Waals surface area contributed by atoms with Gasteiger partial charge in [-0.2, -0.15) is 0 Å². The van der Waals surface area contributed by atoms with Crippen LogP contribution in [0, 0.1) is 0 Å². The lowest BCUT2D eigenvalue weighted by Gasteiger charge is -2.28. The summed E-state index contributed by atoms with van der Waals surface area (Å²) in [6.07, 6.45) is 4.74. The Morgan fingerprint density at radius 2 is 2.28 bits per heavy atom. The number of hydrogen-bond acceptors (Lipinski definition) is 6. The van der Waals surface area contributed by atoms with Crippen molar-refractivity contribution in [3.05, 3.63) is 30.5 Å². The van der Waals surface area contributed by atoms with Crippen molar-refractivity contribution in [3.8, 4) is 5.75 Å². The summed E-state index contributed by atoms with van der Waals surface area (Å²) in [5.41, 5.74) is 13.2. The Labute approximate surface area is 104 Å². The van der Waals surface area contributed by atoms with Crippen LogP contribution in [0.1, 0.15) is 0 Å². The number of nitrogens with two attached hydrogens (primary N) is 2. The molecule has 6 nitrogen and oxygen atoms in total. The Morgan fingerprint density at radius 3 is 3.11 bits per heavy atom. The second-order valence-corrected chi connectivity index (χ2v) is 3.97. The van der Waals surface area contributed by atoms with Gasteiger partial charge in [-0.3, -0.25) is 10.7 Å². The van der Waals surface area contributed by atoms with Crippen LogP contribution in [0.25, 0.3) is 0 Å². The van der Waals surface area contributed by atoms with Crippen LogP contribution in [-0.2, 0) is 0 Å². The molecule has 3 rings (SSSR count). The topological polar surface area (TPSA) is 89.2 Å². The summed E-state index contributed by atoms with van der Waals surface area (Å²) in [6, 6.07) is 5.70. The van der Waals surface area contributed by atoms with Crippen molar-refractivity contribution in [2.45, 2.75) is 6.29 Å². The van der Waals surface area contributed by atoms with Crippen LogP contribution in [0.4, 0.5) is 11.4 Å². The smallest absolute Gasteiger partial charge is 0.179 e. The van der Waals surface area contributed by atoms with Crippen molar-refractivity contribution in [3.63, 3.8) is 0 Å². The molecule has 0 saturated carbocycles. The number of benzene rings is 1. The Balaban J connectivity index is 1.95. The summed E-state index contributed by atoms with van der Waals surface area (Å²) < 4.78 is 5.45. The minimum atomic E-state index is -0.512. The molecule has 1 unspecified atom stereocenters. The summed E-state index contributed by atoms with van der Waals surface area (Å²) >= 11 is 0. The van der Waals surface area contributed by atoms with Crippen molar-refractivity contribution >= 4 is 23.4 Å². The standard InChI is InChI=1S/C12H13N5O/c13-11-3-5-17(12(14)16-11)8-1-2-10-9(7-8)15-4-6-18-10/h1-5,7,12H,6,14H2,(H2,13,16). The average Bonchev–Trinajstić information content (AvgIpc) is 2.38. The lowest BCUT2D eigenvalue weighted by molar-refractivity contribution is 0.377. The second-order valence-electron chi connectivity index (χ2n) is 3.97. The van der Waals surface area contributed by atoms with Gasteiger partial charge >= 0.3 is 0 Å². The number of hydrogen-bond donors (Lipinski definition) is 2. The fourth-order valence-electron chi connectivity index (χ4n) is 1.89. The van der Waals surface area contributed by atoms with Crippen molar-refractivity contribution in [1.29, 1.82) is 0 Å². The van der Waals surface area contributed by atoms with Gasteiger partial charge in [0.2, 0.25) is 0 Å². The van der Waals surface area contributed by atoms with Gasteiger partial charge in [0.05, 0.1) is 0 Å². The fraction of sp³-hybridized carbons (Fsp3) is 0.167. The van der Waals surface area contributed by atoms with Crippen molar-refractivity contribution < 1.29 is 4.74 Å². The summed E-state index contributed by atoms with van der Waals surface area (Å²) in [5, 5.41) is 0. The number of ether oxygens (including phenoxy) is 1. The molecule has 1 aromatic carbocycles. The molecule has 0 bridgehead atoms. The number of fused-ring (bicyclic) bond motifs is 1. The SMILES string of the molecule is NC1=NC(N)N(c2ccc3c(c2)N=CCO3)C=C1. The monoisotopic (exact) mass is 243 g/mol. The van der Waals surface area contributed by atoms with Crippen LogP contribution in [0.3, 0.4) is 0 Å². The largest absolute Gasteiger partial charge is 0.486 e. The van der Waals surface area contributed by atoms with Gasteiger partial charge in [0, 0.05) is 18.1 Å². The summed E-state index contributed by atoms with van der Waals surface area (Å²) in [6.45, 7) is 0.510. The van der Waals surface area contributed by atoms with Crippen LogP contribution in [-0.4, -0.2) is 24.9 Å². The number of nitrogens with zero attached hydrogens (tertiary/aromatic N) is 3. The predicted octanol–water partition coefficient (Wildman–Crippen LogP) is 0.715. The van der Waals surface area contributed by atoms with Gasteiger partial charge in [-0.05, 0) is 24.3 Å². The number of rotatable bonds is 1. The third-order valence-electron chi connectivity index (χ3n) is 2.76. The summed E-state index contributed by atoms with van der Waals surface area (Å²) in [7, 11) is 0. The van der Waals surface area contributed by atoms with Crippen LogP contribution in [0.2, 0.25) is 0 Å². The summed E-state index contributed by atoms with van der Waals surface area (Å²) in [4.78, 5) is 10.2. The molecular formula is C12H13N5O. The Kier molecular flexibility index (Phi) is 2.49. The highest BCUT2D eigenvalue weighted by atomic mass is 16.5. The van der Waals surface area contributed by atoms with Crippen molar-refractivity contribution in [1.82, 2.24) is 0 Å². The van der Waals surface area contributed by atoms with Crippen molar-refractivity contribution in [2.75, 3.05) is 11.5 Å². The van der Waals surface area contributed by atoms with Crippen LogP contribution < -0.4 is 21.1 Å². The van der Waals surface area contributed by atoms with E-state index in [2.05, 4.69) is 9.98 Å². The van der Waals surface area contributed by atoms with E-state index in [1.54, 1.807) is 12.3 Å². The maximum Gasteiger partial charge on any atom is 0.179 e. The van der Waals surface area contributed by atoms with Gasteiger partial charge in [0.1, 0.15) is 23.9 Å². The van der Waals surface area contributed by atoms with Crippen molar-refractivity contribution in [2.24, 2.45) is 21.5 Å². The number of anilines is 1. The van der Waals surface area contributed by atoms with E-state index < -0.39 is 6.29 Å². The molecule has 0 aromatic heterocycles. The highest BCUT2D eigenvalue weighted by molar-refractivity contribution is 5.93. The third-order valence-corrected chi connectivity index (χ3v) is 2.76. The first-order valence-corrected chi connectivity index (χ1v) is 5.59. The molecule has 0 saturated heterocycles. The zero-order valence-electron chi connectivity index (χ0n) is 9.65. The predicted molar refractivity (Wildman–Crippen MR) is 71.3 cm³/mol.